The van der Waals surface area contributed by atoms with Crippen LogP contribution in [0, 0.1) is 5.92 Å². The fourth-order valence-corrected chi connectivity index (χ4v) is 2.81. The third-order valence-corrected chi connectivity index (χ3v) is 4.07. The second-order valence-electron chi connectivity index (χ2n) is 4.89. The Kier molecular flexibility index (Phi) is 4.83. The van der Waals surface area contributed by atoms with E-state index in [1.807, 2.05) is 43.5 Å². The third kappa shape index (κ3) is 3.41. The quantitative estimate of drug-likeness (QED) is 0.818. The van der Waals surface area contributed by atoms with E-state index in [-0.39, 0.29) is 5.97 Å². The van der Waals surface area contributed by atoms with Gasteiger partial charge < -0.3 is 10.5 Å². The van der Waals surface area contributed by atoms with Gasteiger partial charge in [0.15, 0.2) is 0 Å². The van der Waals surface area contributed by atoms with Crippen molar-refractivity contribution in [1.82, 2.24) is 0 Å². The average Bonchev–Trinajstić information content (AvgIpc) is 2.79. The van der Waals surface area contributed by atoms with E-state index < -0.39 is 0 Å². The Hall–Kier alpha value is -1.33. The van der Waals surface area contributed by atoms with E-state index in [0.717, 1.165) is 15.6 Å². The Morgan fingerprint density at radius 3 is 2.60 bits per heavy atom. The van der Waals surface area contributed by atoms with Crippen LogP contribution in [0.1, 0.15) is 24.2 Å². The van der Waals surface area contributed by atoms with Crippen LogP contribution in [0.2, 0.25) is 0 Å². The van der Waals surface area contributed by atoms with Gasteiger partial charge in [0, 0.05) is 15.4 Å². The monoisotopic (exact) mass is 353 g/mol. The van der Waals surface area contributed by atoms with Gasteiger partial charge in [0.1, 0.15) is 10.6 Å². The molecule has 2 N–H and O–H groups in total. The number of carbonyl (C=O) groups excluding carboxylic acids is 1. The molecule has 2 aromatic rings. The highest BCUT2D eigenvalue weighted by molar-refractivity contribution is 9.10. The second-order valence-corrected chi connectivity index (χ2v) is 6.71. The van der Waals surface area contributed by atoms with E-state index in [1.165, 1.54) is 11.3 Å². The molecule has 0 aliphatic carbocycles. The number of ether oxygens (including phenoxy) is 1. The number of esters is 1. The molecule has 0 aliphatic heterocycles. The topological polar surface area (TPSA) is 52.3 Å². The number of benzene rings is 1. The van der Waals surface area contributed by atoms with Crippen molar-refractivity contribution in [3.8, 4) is 11.1 Å². The zero-order valence-corrected chi connectivity index (χ0v) is 13.8. The zero-order valence-electron chi connectivity index (χ0n) is 11.4. The van der Waals surface area contributed by atoms with Crippen LogP contribution < -0.4 is 5.73 Å². The molecule has 0 aliphatic rings. The maximum Gasteiger partial charge on any atom is 0.341 e. The second kappa shape index (κ2) is 6.41. The molecule has 0 atom stereocenters. The number of hydrogen-bond acceptors (Lipinski definition) is 4. The maximum absolute atomic E-state index is 12.2. The molecule has 5 heteroatoms. The van der Waals surface area contributed by atoms with Crippen LogP contribution in [0.3, 0.4) is 0 Å². The summed E-state index contributed by atoms with van der Waals surface area (Å²) in [6.07, 6.45) is 0. The summed E-state index contributed by atoms with van der Waals surface area (Å²) in [5.74, 6) is -0.0506. The van der Waals surface area contributed by atoms with Crippen LogP contribution in [0.4, 0.5) is 5.00 Å². The van der Waals surface area contributed by atoms with E-state index in [0.29, 0.717) is 23.1 Å². The summed E-state index contributed by atoms with van der Waals surface area (Å²) >= 11 is 4.76. The van der Waals surface area contributed by atoms with Crippen molar-refractivity contribution in [2.75, 3.05) is 12.3 Å². The first-order valence-corrected chi connectivity index (χ1v) is 7.96. The molecule has 0 fully saturated rings. The lowest BCUT2D eigenvalue weighted by molar-refractivity contribution is 0.0461. The molecule has 0 bridgehead atoms. The Labute approximate surface area is 130 Å². The molecule has 0 amide bonds. The predicted octanol–water partition coefficient (Wildman–Crippen LogP) is 4.57. The zero-order chi connectivity index (χ0) is 14.7. The molecule has 2 rings (SSSR count). The van der Waals surface area contributed by atoms with E-state index in [1.54, 1.807) is 0 Å². The molecular weight excluding hydrogens is 338 g/mol. The lowest BCUT2D eigenvalue weighted by Gasteiger charge is -2.09. The van der Waals surface area contributed by atoms with Crippen LogP contribution in [0.25, 0.3) is 11.1 Å². The van der Waals surface area contributed by atoms with Crippen LogP contribution in [0.15, 0.2) is 34.1 Å². The summed E-state index contributed by atoms with van der Waals surface area (Å²) in [5.41, 5.74) is 8.18. The fourth-order valence-electron chi connectivity index (χ4n) is 1.74. The molecule has 106 valence electrons. The first-order chi connectivity index (χ1) is 9.49. The van der Waals surface area contributed by atoms with Crippen molar-refractivity contribution >= 4 is 38.2 Å². The van der Waals surface area contributed by atoms with E-state index >= 15 is 0 Å². The summed E-state index contributed by atoms with van der Waals surface area (Å²) in [5, 5.41) is 2.39. The van der Waals surface area contributed by atoms with Crippen molar-refractivity contribution in [3.05, 3.63) is 39.7 Å². The molecule has 0 spiro atoms. The van der Waals surface area contributed by atoms with Gasteiger partial charge in [-0.15, -0.1) is 11.3 Å². The minimum atomic E-state index is -0.352. The number of thiophene rings is 1. The van der Waals surface area contributed by atoms with Crippen LogP contribution in [-0.4, -0.2) is 12.6 Å². The van der Waals surface area contributed by atoms with Crippen molar-refractivity contribution in [2.24, 2.45) is 5.92 Å². The maximum atomic E-state index is 12.2. The smallest absolute Gasteiger partial charge is 0.341 e. The van der Waals surface area contributed by atoms with Crippen molar-refractivity contribution in [2.45, 2.75) is 13.8 Å². The molecule has 0 radical (unpaired) electrons. The molecule has 1 aromatic carbocycles. The number of nitrogens with two attached hydrogens (primary N) is 1. The molecule has 1 aromatic heterocycles. The first kappa shape index (κ1) is 15.1. The van der Waals surface area contributed by atoms with Crippen LogP contribution in [-0.2, 0) is 4.74 Å². The van der Waals surface area contributed by atoms with E-state index in [2.05, 4.69) is 15.9 Å². The van der Waals surface area contributed by atoms with Gasteiger partial charge in [-0.1, -0.05) is 41.9 Å². The van der Waals surface area contributed by atoms with Crippen molar-refractivity contribution in [3.63, 3.8) is 0 Å². The largest absolute Gasteiger partial charge is 0.462 e. The first-order valence-electron chi connectivity index (χ1n) is 6.29. The van der Waals surface area contributed by atoms with Crippen molar-refractivity contribution in [1.29, 1.82) is 0 Å². The minimum Gasteiger partial charge on any atom is -0.462 e. The summed E-state index contributed by atoms with van der Waals surface area (Å²) < 4.78 is 6.29. The summed E-state index contributed by atoms with van der Waals surface area (Å²) in [4.78, 5) is 12.2. The number of hydrogen-bond donors (Lipinski definition) is 1. The Morgan fingerprint density at radius 2 is 2.00 bits per heavy atom. The number of anilines is 1. The van der Waals surface area contributed by atoms with Crippen LogP contribution >= 0.6 is 27.3 Å². The SMILES string of the molecule is CC(C)COC(=O)c1c(-c2ccc(Br)cc2)csc1N. The van der Waals surface area contributed by atoms with Gasteiger partial charge in [0.2, 0.25) is 0 Å². The van der Waals surface area contributed by atoms with Crippen LogP contribution in [0.5, 0.6) is 0 Å². The lowest BCUT2D eigenvalue weighted by atomic mass is 10.0. The van der Waals surface area contributed by atoms with Gasteiger partial charge >= 0.3 is 5.97 Å². The third-order valence-electron chi connectivity index (χ3n) is 2.73. The van der Waals surface area contributed by atoms with Gasteiger partial charge in [-0.3, -0.25) is 0 Å². The number of rotatable bonds is 4. The number of carbonyl (C=O) groups is 1. The standard InChI is InChI=1S/C15H16BrNO2S/c1-9(2)7-19-15(18)13-12(8-20-14(13)17)10-3-5-11(16)6-4-10/h3-6,8-9H,7,17H2,1-2H3. The normalized spacial score (nSPS) is 10.8. The highest BCUT2D eigenvalue weighted by atomic mass is 79.9. The predicted molar refractivity (Wildman–Crippen MR) is 87.0 cm³/mol. The molecule has 20 heavy (non-hydrogen) atoms. The van der Waals surface area contributed by atoms with E-state index in [4.69, 9.17) is 10.5 Å². The molecule has 0 unspecified atom stereocenters. The van der Waals surface area contributed by atoms with Gasteiger partial charge in [-0.2, -0.15) is 0 Å². The highest BCUT2D eigenvalue weighted by Crippen LogP contribution is 2.34. The number of halogens is 1. The minimum absolute atomic E-state index is 0.301. The molecule has 0 saturated heterocycles. The Morgan fingerprint density at radius 1 is 1.35 bits per heavy atom. The lowest BCUT2D eigenvalue weighted by Crippen LogP contribution is -2.11. The molecule has 0 saturated carbocycles. The van der Waals surface area contributed by atoms with Gasteiger partial charge in [-0.05, 0) is 23.6 Å². The molecule has 1 heterocycles. The van der Waals surface area contributed by atoms with E-state index in [9.17, 15) is 4.79 Å². The Bertz CT molecular complexity index is 605. The highest BCUT2D eigenvalue weighted by Gasteiger charge is 2.20. The molecule has 3 nitrogen and oxygen atoms in total. The average molecular weight is 354 g/mol. The number of nitrogen functional groups attached to an aromatic ring is 1. The molecular formula is C15H16BrNO2S. The summed E-state index contributed by atoms with van der Waals surface area (Å²) in [6.45, 7) is 4.40. The summed E-state index contributed by atoms with van der Waals surface area (Å²) in [6, 6.07) is 7.77. The van der Waals surface area contributed by atoms with Gasteiger partial charge in [0.05, 0.1) is 6.61 Å². The Balaban J connectivity index is 2.32. The summed E-state index contributed by atoms with van der Waals surface area (Å²) in [7, 11) is 0. The fraction of sp³-hybridized carbons (Fsp3) is 0.267. The van der Waals surface area contributed by atoms with Crippen molar-refractivity contribution < 1.29 is 9.53 Å². The van der Waals surface area contributed by atoms with Gasteiger partial charge in [0.25, 0.3) is 0 Å². The van der Waals surface area contributed by atoms with Gasteiger partial charge in [-0.25, -0.2) is 4.79 Å².